The van der Waals surface area contributed by atoms with Crippen molar-refractivity contribution in [3.05, 3.63) is 0 Å². The second kappa shape index (κ2) is 8.98. The summed E-state index contributed by atoms with van der Waals surface area (Å²) in [5.41, 5.74) is 4.72. The van der Waals surface area contributed by atoms with E-state index in [0.29, 0.717) is 19.4 Å². The zero-order valence-electron chi connectivity index (χ0n) is 12.0. The predicted molar refractivity (Wildman–Crippen MR) is 75.6 cm³/mol. The summed E-state index contributed by atoms with van der Waals surface area (Å²) < 4.78 is 5.14. The molecule has 0 bridgehead atoms. The molecule has 1 atom stereocenters. The number of nitrogens with two attached hydrogens (primary N) is 1. The topological polar surface area (TPSA) is 92.9 Å². The number of likely N-dealkylation sites (N-methyl/N-ethyl adjacent to an activating group) is 1. The number of carboxylic acids is 1. The molecule has 7 heteroatoms. The third-order valence-electron chi connectivity index (χ3n) is 2.37. The van der Waals surface area contributed by atoms with E-state index in [1.165, 1.54) is 7.05 Å². The maximum Gasteiger partial charge on any atom is 0.410 e. The van der Waals surface area contributed by atoms with Gasteiger partial charge in [-0.25, -0.2) is 9.59 Å². The van der Waals surface area contributed by atoms with Gasteiger partial charge < -0.3 is 15.6 Å². The number of halogens is 1. The molecule has 0 fully saturated rings. The highest BCUT2D eigenvalue weighted by Crippen LogP contribution is 2.13. The Balaban J connectivity index is 0. The lowest BCUT2D eigenvalue weighted by Crippen LogP contribution is -2.44. The molecule has 0 heterocycles. The average molecular weight is 297 g/mol. The van der Waals surface area contributed by atoms with Crippen molar-refractivity contribution in [1.29, 1.82) is 0 Å². The summed E-state index contributed by atoms with van der Waals surface area (Å²) in [6.45, 7) is 5.73. The summed E-state index contributed by atoms with van der Waals surface area (Å²) in [6.07, 6.45) is 1.16. The van der Waals surface area contributed by atoms with Crippen LogP contribution < -0.4 is 5.73 Å². The van der Waals surface area contributed by atoms with Gasteiger partial charge in [-0.2, -0.15) is 0 Å². The number of hydrogen-bond donors (Lipinski definition) is 2. The standard InChI is InChI=1S/C12H24N2O4.ClH/c1-12(2,3)18-11(17)14(4)9(10(15)16)7-5-6-8-13;/h9H,5-8,13H2,1-4H3,(H,15,16);1H/t9-;/m0./s1. The first-order valence-corrected chi connectivity index (χ1v) is 6.07. The van der Waals surface area contributed by atoms with Gasteiger partial charge in [0.2, 0.25) is 0 Å². The predicted octanol–water partition coefficient (Wildman–Crippen LogP) is 1.86. The van der Waals surface area contributed by atoms with Crippen molar-refractivity contribution in [2.75, 3.05) is 13.6 Å². The molecule has 0 saturated carbocycles. The molecule has 19 heavy (non-hydrogen) atoms. The zero-order chi connectivity index (χ0) is 14.3. The number of nitrogens with zero attached hydrogens (tertiary/aromatic N) is 1. The first-order valence-electron chi connectivity index (χ1n) is 6.07. The van der Waals surface area contributed by atoms with E-state index in [0.717, 1.165) is 11.3 Å². The Labute approximate surface area is 120 Å². The second-order valence-corrected chi connectivity index (χ2v) is 5.23. The van der Waals surface area contributed by atoms with Crippen LogP contribution in [0, 0.1) is 0 Å². The van der Waals surface area contributed by atoms with Crippen LogP contribution in [0.25, 0.3) is 0 Å². The first-order chi connectivity index (χ1) is 8.19. The molecule has 0 rings (SSSR count). The molecule has 0 aliphatic carbocycles. The fourth-order valence-corrected chi connectivity index (χ4v) is 1.43. The minimum atomic E-state index is -1.03. The van der Waals surface area contributed by atoms with Crippen LogP contribution in [-0.2, 0) is 9.53 Å². The molecule has 0 aromatic rings. The minimum absolute atomic E-state index is 0. The van der Waals surface area contributed by atoms with Crippen molar-refractivity contribution in [2.45, 2.75) is 51.7 Å². The third-order valence-corrected chi connectivity index (χ3v) is 2.37. The summed E-state index contributed by atoms with van der Waals surface area (Å²) in [6, 6.07) is -0.869. The van der Waals surface area contributed by atoms with Crippen LogP contribution in [0.3, 0.4) is 0 Å². The number of carbonyl (C=O) groups excluding carboxylic acids is 1. The highest BCUT2D eigenvalue weighted by molar-refractivity contribution is 5.85. The summed E-state index contributed by atoms with van der Waals surface area (Å²) >= 11 is 0. The molecule has 1 amide bonds. The minimum Gasteiger partial charge on any atom is -0.480 e. The molecule has 0 aromatic heterocycles. The van der Waals surface area contributed by atoms with Crippen LogP contribution >= 0.6 is 12.4 Å². The number of aliphatic carboxylic acids is 1. The number of amides is 1. The normalized spacial score (nSPS) is 12.3. The molecular weight excluding hydrogens is 272 g/mol. The van der Waals surface area contributed by atoms with E-state index >= 15 is 0 Å². The number of ether oxygens (including phenoxy) is 1. The molecule has 0 aromatic carbocycles. The van der Waals surface area contributed by atoms with Gasteiger partial charge in [0.05, 0.1) is 0 Å². The SMILES string of the molecule is CN(C(=O)OC(C)(C)C)[C@@H](CCCCN)C(=O)O.Cl. The first kappa shape index (κ1) is 20.3. The number of rotatable bonds is 6. The summed E-state index contributed by atoms with van der Waals surface area (Å²) in [4.78, 5) is 24.0. The maximum absolute atomic E-state index is 11.8. The number of carboxylic acid groups (broad SMARTS) is 1. The largest absolute Gasteiger partial charge is 0.480 e. The Morgan fingerprint density at radius 2 is 1.84 bits per heavy atom. The lowest BCUT2D eigenvalue weighted by Gasteiger charge is -2.28. The van der Waals surface area contributed by atoms with Gasteiger partial charge in [0, 0.05) is 7.05 Å². The Bertz CT molecular complexity index is 292. The van der Waals surface area contributed by atoms with Gasteiger partial charge in [0.15, 0.2) is 0 Å². The second-order valence-electron chi connectivity index (χ2n) is 5.23. The van der Waals surface area contributed by atoms with Crippen LogP contribution in [0.1, 0.15) is 40.0 Å². The van der Waals surface area contributed by atoms with Crippen molar-refractivity contribution < 1.29 is 19.4 Å². The fraction of sp³-hybridized carbons (Fsp3) is 0.833. The van der Waals surface area contributed by atoms with Crippen molar-refractivity contribution in [2.24, 2.45) is 5.73 Å². The number of carbonyl (C=O) groups is 2. The van der Waals surface area contributed by atoms with E-state index in [1.807, 2.05) is 0 Å². The maximum atomic E-state index is 11.8. The van der Waals surface area contributed by atoms with Crippen LogP contribution in [-0.4, -0.2) is 47.3 Å². The van der Waals surface area contributed by atoms with Gasteiger partial charge in [-0.3, -0.25) is 4.90 Å². The lowest BCUT2D eigenvalue weighted by atomic mass is 10.1. The summed E-state index contributed by atoms with van der Waals surface area (Å²) in [5.74, 6) is -1.03. The van der Waals surface area contributed by atoms with Gasteiger partial charge >= 0.3 is 12.1 Å². The van der Waals surface area contributed by atoms with Gasteiger partial charge in [-0.15, -0.1) is 12.4 Å². The van der Waals surface area contributed by atoms with Crippen LogP contribution in [0.5, 0.6) is 0 Å². The average Bonchev–Trinajstić information content (AvgIpc) is 2.20. The zero-order valence-corrected chi connectivity index (χ0v) is 12.8. The van der Waals surface area contributed by atoms with E-state index < -0.39 is 23.7 Å². The van der Waals surface area contributed by atoms with E-state index in [4.69, 9.17) is 15.6 Å². The molecule has 3 N–H and O–H groups in total. The van der Waals surface area contributed by atoms with Crippen molar-refractivity contribution >= 4 is 24.5 Å². The summed E-state index contributed by atoms with van der Waals surface area (Å²) in [7, 11) is 1.44. The number of hydrogen-bond acceptors (Lipinski definition) is 4. The molecule has 0 aliphatic heterocycles. The Morgan fingerprint density at radius 3 is 2.21 bits per heavy atom. The molecule has 0 radical (unpaired) electrons. The van der Waals surface area contributed by atoms with E-state index in [-0.39, 0.29) is 12.4 Å². The highest BCUT2D eigenvalue weighted by Gasteiger charge is 2.29. The summed E-state index contributed by atoms with van der Waals surface area (Å²) in [5, 5.41) is 9.11. The molecule has 6 nitrogen and oxygen atoms in total. The quantitative estimate of drug-likeness (QED) is 0.730. The van der Waals surface area contributed by atoms with Gasteiger partial charge in [-0.05, 0) is 46.6 Å². The number of unbranched alkanes of at least 4 members (excludes halogenated alkanes) is 1. The van der Waals surface area contributed by atoms with Crippen LogP contribution in [0.4, 0.5) is 4.79 Å². The Kier molecular flexibility index (Phi) is 9.60. The van der Waals surface area contributed by atoms with Crippen molar-refractivity contribution in [1.82, 2.24) is 4.90 Å². The lowest BCUT2D eigenvalue weighted by molar-refractivity contribution is -0.143. The van der Waals surface area contributed by atoms with Crippen molar-refractivity contribution in [3.63, 3.8) is 0 Å². The molecule has 0 aliphatic rings. The van der Waals surface area contributed by atoms with Crippen LogP contribution in [0.2, 0.25) is 0 Å². The van der Waals surface area contributed by atoms with Gasteiger partial charge in [0.25, 0.3) is 0 Å². The van der Waals surface area contributed by atoms with E-state index in [9.17, 15) is 9.59 Å². The molecule has 0 spiro atoms. The monoisotopic (exact) mass is 296 g/mol. The van der Waals surface area contributed by atoms with Crippen molar-refractivity contribution in [3.8, 4) is 0 Å². The molecule has 114 valence electrons. The Hall–Kier alpha value is -1.01. The van der Waals surface area contributed by atoms with Crippen LogP contribution in [0.15, 0.2) is 0 Å². The molecular formula is C12H25ClN2O4. The smallest absolute Gasteiger partial charge is 0.410 e. The van der Waals surface area contributed by atoms with Gasteiger partial charge in [-0.1, -0.05) is 0 Å². The van der Waals surface area contributed by atoms with E-state index in [2.05, 4.69) is 0 Å². The fourth-order valence-electron chi connectivity index (χ4n) is 1.43. The van der Waals surface area contributed by atoms with Gasteiger partial charge in [0.1, 0.15) is 11.6 Å². The van der Waals surface area contributed by atoms with E-state index in [1.54, 1.807) is 20.8 Å². The molecule has 0 saturated heterocycles. The Morgan fingerprint density at radius 1 is 1.32 bits per heavy atom. The highest BCUT2D eigenvalue weighted by atomic mass is 35.5. The third kappa shape index (κ3) is 8.67. The molecule has 0 unspecified atom stereocenters.